The van der Waals surface area contributed by atoms with Crippen LogP contribution >= 0.6 is 0 Å². The summed E-state index contributed by atoms with van der Waals surface area (Å²) in [4.78, 5) is 31.1. The number of hydrogen-bond donors (Lipinski definition) is 3. The number of aromatic amines is 1. The van der Waals surface area contributed by atoms with Gasteiger partial charge in [-0.25, -0.2) is 0 Å². The SMILES string of the molecule is CC(=O)Nc1ccc2c([C@@H](C(=O)O)N3CCN(C/C=C/c4ccccc4)CC3)c[nH]c2c1. The molecule has 1 aromatic heterocycles. The molecule has 1 atom stereocenters. The minimum Gasteiger partial charge on any atom is -0.480 e. The van der Waals surface area contributed by atoms with Gasteiger partial charge in [0.25, 0.3) is 0 Å². The normalized spacial score (nSPS) is 16.4. The largest absolute Gasteiger partial charge is 0.480 e. The summed E-state index contributed by atoms with van der Waals surface area (Å²) >= 11 is 0. The van der Waals surface area contributed by atoms with Crippen molar-refractivity contribution in [3.8, 4) is 0 Å². The van der Waals surface area contributed by atoms with Crippen LogP contribution < -0.4 is 5.32 Å². The lowest BCUT2D eigenvalue weighted by Gasteiger charge is -2.37. The van der Waals surface area contributed by atoms with E-state index in [1.165, 1.54) is 12.5 Å². The van der Waals surface area contributed by atoms with Crippen LogP contribution in [0.3, 0.4) is 0 Å². The van der Waals surface area contributed by atoms with E-state index in [2.05, 4.69) is 39.5 Å². The Morgan fingerprint density at radius 3 is 2.56 bits per heavy atom. The number of fused-ring (bicyclic) bond motifs is 1. The Morgan fingerprint density at radius 2 is 1.88 bits per heavy atom. The molecule has 0 radical (unpaired) electrons. The highest BCUT2D eigenvalue weighted by atomic mass is 16.4. The van der Waals surface area contributed by atoms with Crippen LogP contribution in [0.15, 0.2) is 60.8 Å². The first kappa shape index (κ1) is 21.8. The fourth-order valence-corrected chi connectivity index (χ4v) is 4.25. The van der Waals surface area contributed by atoms with E-state index >= 15 is 0 Å². The number of aliphatic carboxylic acids is 1. The van der Waals surface area contributed by atoms with Gasteiger partial charge < -0.3 is 15.4 Å². The van der Waals surface area contributed by atoms with Gasteiger partial charge in [0, 0.05) is 68.0 Å². The summed E-state index contributed by atoms with van der Waals surface area (Å²) in [5, 5.41) is 13.6. The van der Waals surface area contributed by atoms with Crippen LogP contribution in [0.25, 0.3) is 17.0 Å². The second-order valence-corrected chi connectivity index (χ2v) is 8.08. The Labute approximate surface area is 187 Å². The highest BCUT2D eigenvalue weighted by Gasteiger charge is 2.31. The number of carbonyl (C=O) groups is 2. The van der Waals surface area contributed by atoms with E-state index in [0.717, 1.165) is 36.1 Å². The maximum absolute atomic E-state index is 12.2. The van der Waals surface area contributed by atoms with Crippen molar-refractivity contribution in [2.24, 2.45) is 0 Å². The van der Waals surface area contributed by atoms with Crippen LogP contribution in [0.2, 0.25) is 0 Å². The molecule has 1 aliphatic heterocycles. The number of amides is 1. The van der Waals surface area contributed by atoms with E-state index in [4.69, 9.17) is 0 Å². The van der Waals surface area contributed by atoms with E-state index in [1.54, 1.807) is 12.3 Å². The van der Waals surface area contributed by atoms with Crippen LogP contribution in [0.1, 0.15) is 24.1 Å². The Bertz CT molecular complexity index is 1110. The van der Waals surface area contributed by atoms with Gasteiger partial charge in [-0.2, -0.15) is 0 Å². The van der Waals surface area contributed by atoms with Crippen molar-refractivity contribution in [1.29, 1.82) is 0 Å². The Morgan fingerprint density at radius 1 is 1.12 bits per heavy atom. The van der Waals surface area contributed by atoms with Crippen molar-refractivity contribution < 1.29 is 14.7 Å². The van der Waals surface area contributed by atoms with Crippen LogP contribution in [-0.4, -0.2) is 64.5 Å². The van der Waals surface area contributed by atoms with Gasteiger partial charge in [-0.1, -0.05) is 48.6 Å². The van der Waals surface area contributed by atoms with Crippen molar-refractivity contribution in [1.82, 2.24) is 14.8 Å². The Kier molecular flexibility index (Phi) is 6.68. The molecule has 3 aromatic rings. The van der Waals surface area contributed by atoms with Crippen molar-refractivity contribution in [3.05, 3.63) is 71.9 Å². The molecular formula is C25H28N4O3. The number of rotatable bonds is 7. The zero-order valence-corrected chi connectivity index (χ0v) is 18.1. The van der Waals surface area contributed by atoms with Gasteiger partial charge >= 0.3 is 5.97 Å². The van der Waals surface area contributed by atoms with E-state index in [1.807, 2.05) is 35.2 Å². The summed E-state index contributed by atoms with van der Waals surface area (Å²) in [5.74, 6) is -0.995. The average molecular weight is 433 g/mol. The van der Waals surface area contributed by atoms with Crippen LogP contribution in [0.4, 0.5) is 5.69 Å². The molecular weight excluding hydrogens is 404 g/mol. The third kappa shape index (κ3) is 5.07. The van der Waals surface area contributed by atoms with Gasteiger partial charge in [0.05, 0.1) is 0 Å². The molecule has 0 spiro atoms. The summed E-state index contributed by atoms with van der Waals surface area (Å²) in [6, 6.07) is 15.0. The van der Waals surface area contributed by atoms with Crippen molar-refractivity contribution in [3.63, 3.8) is 0 Å². The molecule has 166 valence electrons. The molecule has 0 unspecified atom stereocenters. The zero-order valence-electron chi connectivity index (χ0n) is 18.1. The number of nitrogens with zero attached hydrogens (tertiary/aromatic N) is 2. The first-order chi connectivity index (χ1) is 15.5. The second kappa shape index (κ2) is 9.80. The average Bonchev–Trinajstić information content (AvgIpc) is 3.18. The lowest BCUT2D eigenvalue weighted by atomic mass is 10.0. The fourth-order valence-electron chi connectivity index (χ4n) is 4.25. The monoisotopic (exact) mass is 432 g/mol. The number of carboxylic acid groups (broad SMARTS) is 1. The van der Waals surface area contributed by atoms with Crippen LogP contribution in [0, 0.1) is 0 Å². The van der Waals surface area contributed by atoms with Gasteiger partial charge in [0.2, 0.25) is 5.91 Å². The first-order valence-electron chi connectivity index (χ1n) is 10.8. The van der Waals surface area contributed by atoms with E-state index < -0.39 is 12.0 Å². The smallest absolute Gasteiger partial charge is 0.325 e. The third-order valence-electron chi connectivity index (χ3n) is 5.81. The van der Waals surface area contributed by atoms with Gasteiger partial charge in [0.15, 0.2) is 0 Å². The number of carboxylic acids is 1. The summed E-state index contributed by atoms with van der Waals surface area (Å²) in [7, 11) is 0. The van der Waals surface area contributed by atoms with Crippen molar-refractivity contribution >= 4 is 34.5 Å². The highest BCUT2D eigenvalue weighted by molar-refractivity contribution is 5.94. The molecule has 3 N–H and O–H groups in total. The quantitative estimate of drug-likeness (QED) is 0.531. The topological polar surface area (TPSA) is 88.7 Å². The Balaban J connectivity index is 1.42. The number of H-pyrrole nitrogens is 1. The molecule has 2 aromatic carbocycles. The number of anilines is 1. The minimum atomic E-state index is -0.853. The maximum atomic E-state index is 12.2. The molecule has 1 amide bonds. The van der Waals surface area contributed by atoms with Crippen LogP contribution in [-0.2, 0) is 9.59 Å². The minimum absolute atomic E-state index is 0.143. The molecule has 4 rings (SSSR count). The zero-order chi connectivity index (χ0) is 22.5. The number of piperazine rings is 1. The summed E-state index contributed by atoms with van der Waals surface area (Å²) < 4.78 is 0. The summed E-state index contributed by atoms with van der Waals surface area (Å²) in [5.41, 5.74) is 3.42. The third-order valence-corrected chi connectivity index (χ3v) is 5.81. The lowest BCUT2D eigenvalue weighted by molar-refractivity contribution is -0.144. The van der Waals surface area contributed by atoms with Gasteiger partial charge in [-0.05, 0) is 17.7 Å². The highest BCUT2D eigenvalue weighted by Crippen LogP contribution is 2.31. The predicted octanol–water partition coefficient (Wildman–Crippen LogP) is 3.58. The van der Waals surface area contributed by atoms with Crippen molar-refractivity contribution in [2.45, 2.75) is 13.0 Å². The molecule has 32 heavy (non-hydrogen) atoms. The maximum Gasteiger partial charge on any atom is 0.325 e. The molecule has 0 aliphatic carbocycles. The number of nitrogens with one attached hydrogen (secondary N) is 2. The van der Waals surface area contributed by atoms with E-state index in [9.17, 15) is 14.7 Å². The summed E-state index contributed by atoms with van der Waals surface area (Å²) in [6.45, 7) is 5.32. The van der Waals surface area contributed by atoms with Gasteiger partial charge in [-0.3, -0.25) is 19.4 Å². The molecule has 7 nitrogen and oxygen atoms in total. The van der Waals surface area contributed by atoms with Crippen molar-refractivity contribution in [2.75, 3.05) is 38.0 Å². The van der Waals surface area contributed by atoms with E-state index in [-0.39, 0.29) is 5.91 Å². The lowest BCUT2D eigenvalue weighted by Crippen LogP contribution is -2.49. The molecule has 1 fully saturated rings. The van der Waals surface area contributed by atoms with E-state index in [0.29, 0.717) is 18.8 Å². The Hall–Kier alpha value is -3.42. The number of aromatic nitrogens is 1. The second-order valence-electron chi connectivity index (χ2n) is 8.08. The molecule has 7 heteroatoms. The number of hydrogen-bond acceptors (Lipinski definition) is 4. The summed E-state index contributed by atoms with van der Waals surface area (Å²) in [6.07, 6.45) is 6.05. The van der Waals surface area contributed by atoms with Gasteiger partial charge in [-0.15, -0.1) is 0 Å². The molecule has 2 heterocycles. The van der Waals surface area contributed by atoms with Gasteiger partial charge in [0.1, 0.15) is 6.04 Å². The molecule has 0 bridgehead atoms. The molecule has 0 saturated carbocycles. The fraction of sp³-hybridized carbons (Fsp3) is 0.280. The first-order valence-corrected chi connectivity index (χ1v) is 10.8. The standard InChI is InChI=1S/C25H28N4O3/c1-18(30)27-20-9-10-21-22(17-26-23(21)16-20)24(25(31)32)29-14-12-28(13-15-29)11-5-8-19-6-3-2-4-7-19/h2-10,16-17,24,26H,11-15H2,1H3,(H,27,30)(H,31,32)/b8-5+/t24-/m0/s1. The predicted molar refractivity (Wildman–Crippen MR) is 126 cm³/mol. The molecule has 1 aliphatic rings. The van der Waals surface area contributed by atoms with Crippen LogP contribution in [0.5, 0.6) is 0 Å². The number of benzene rings is 2. The number of carbonyl (C=O) groups excluding carboxylic acids is 1. The molecule has 1 saturated heterocycles.